The summed E-state index contributed by atoms with van der Waals surface area (Å²) in [5.41, 5.74) is 1.21. The molecule has 1 aromatic rings. The van der Waals surface area contributed by atoms with Crippen molar-refractivity contribution in [3.8, 4) is 5.75 Å². The molecule has 0 radical (unpaired) electrons. The fourth-order valence-electron chi connectivity index (χ4n) is 3.94. The molecular formula is C19H26O5. The molecule has 1 aliphatic heterocycles. The first-order valence-corrected chi connectivity index (χ1v) is 8.48. The monoisotopic (exact) mass is 334 g/mol. The quantitative estimate of drug-likeness (QED) is 0.793. The van der Waals surface area contributed by atoms with E-state index < -0.39 is 5.79 Å². The Morgan fingerprint density at radius 1 is 1.17 bits per heavy atom. The zero-order chi connectivity index (χ0) is 17.3. The van der Waals surface area contributed by atoms with Gasteiger partial charge in [0.25, 0.3) is 0 Å². The molecule has 4 atom stereocenters. The van der Waals surface area contributed by atoms with Crippen LogP contribution in [0.3, 0.4) is 0 Å². The summed E-state index contributed by atoms with van der Waals surface area (Å²) in [4.78, 5) is 12.1. The molecule has 0 spiro atoms. The lowest BCUT2D eigenvalue weighted by Crippen LogP contribution is -2.42. The highest BCUT2D eigenvalue weighted by Gasteiger charge is 2.50. The zero-order valence-electron chi connectivity index (χ0n) is 14.8. The van der Waals surface area contributed by atoms with Crippen LogP contribution in [0.5, 0.6) is 5.75 Å². The highest BCUT2D eigenvalue weighted by Crippen LogP contribution is 2.43. The number of carbonyl (C=O) groups excluding carboxylic acids is 1. The van der Waals surface area contributed by atoms with Gasteiger partial charge in [0.15, 0.2) is 5.79 Å². The van der Waals surface area contributed by atoms with Crippen molar-refractivity contribution in [2.45, 2.75) is 51.1 Å². The standard InChI is InChI=1S/C19H26O5/c1-19(2)23-16-11-14(18(20)22-4)10-13(17(16)24-19)9-12-5-7-15(21-3)8-6-12/h5-8,13-14,16-17H,9-11H2,1-4H3/t13-,14+,16-,17+/m1/s1. The first-order chi connectivity index (χ1) is 11.4. The Morgan fingerprint density at radius 3 is 2.50 bits per heavy atom. The van der Waals surface area contributed by atoms with E-state index in [4.69, 9.17) is 18.9 Å². The molecule has 2 fully saturated rings. The van der Waals surface area contributed by atoms with E-state index in [0.717, 1.165) is 18.6 Å². The van der Waals surface area contributed by atoms with Gasteiger partial charge >= 0.3 is 5.97 Å². The van der Waals surface area contributed by atoms with Crippen molar-refractivity contribution in [3.63, 3.8) is 0 Å². The Labute approximate surface area is 143 Å². The van der Waals surface area contributed by atoms with Crippen LogP contribution in [-0.4, -0.2) is 38.2 Å². The first kappa shape index (κ1) is 17.2. The summed E-state index contributed by atoms with van der Waals surface area (Å²) in [7, 11) is 3.11. The number of hydrogen-bond acceptors (Lipinski definition) is 5. The van der Waals surface area contributed by atoms with Crippen molar-refractivity contribution < 1.29 is 23.7 Å². The predicted molar refractivity (Wildman–Crippen MR) is 88.8 cm³/mol. The number of hydrogen-bond donors (Lipinski definition) is 0. The second kappa shape index (κ2) is 6.73. The molecule has 0 N–H and O–H groups in total. The first-order valence-electron chi connectivity index (χ1n) is 8.48. The third-order valence-corrected chi connectivity index (χ3v) is 4.98. The van der Waals surface area contributed by atoms with E-state index in [1.807, 2.05) is 26.0 Å². The smallest absolute Gasteiger partial charge is 0.308 e. The molecule has 24 heavy (non-hydrogen) atoms. The minimum atomic E-state index is -0.599. The van der Waals surface area contributed by atoms with Gasteiger partial charge in [0, 0.05) is 0 Å². The van der Waals surface area contributed by atoms with Crippen molar-refractivity contribution in [1.29, 1.82) is 0 Å². The Kier molecular flexibility index (Phi) is 4.83. The SMILES string of the molecule is COC(=O)[C@H]1C[C@@H](Cc2ccc(OC)cc2)[C@@H]2OC(C)(C)O[C@@H]2C1. The van der Waals surface area contributed by atoms with E-state index in [1.165, 1.54) is 12.7 Å². The van der Waals surface area contributed by atoms with Gasteiger partial charge in [-0.1, -0.05) is 12.1 Å². The molecule has 1 heterocycles. The molecule has 5 heteroatoms. The Bertz CT molecular complexity index is 580. The van der Waals surface area contributed by atoms with Crippen LogP contribution < -0.4 is 4.74 Å². The van der Waals surface area contributed by atoms with Crippen LogP contribution in [0.25, 0.3) is 0 Å². The molecule has 0 unspecified atom stereocenters. The second-order valence-electron chi connectivity index (χ2n) is 7.14. The molecule has 132 valence electrons. The van der Waals surface area contributed by atoms with Gasteiger partial charge in [-0.05, 0) is 56.7 Å². The molecule has 1 aromatic carbocycles. The lowest BCUT2D eigenvalue weighted by molar-refractivity contribution is -0.151. The molecule has 0 bridgehead atoms. The normalized spacial score (nSPS) is 31.3. The predicted octanol–water partition coefficient (Wildman–Crippen LogP) is 2.96. The maximum Gasteiger partial charge on any atom is 0.308 e. The van der Waals surface area contributed by atoms with E-state index in [-0.39, 0.29) is 30.0 Å². The zero-order valence-corrected chi connectivity index (χ0v) is 14.8. The summed E-state index contributed by atoms with van der Waals surface area (Å²) in [6.45, 7) is 3.87. The lowest BCUT2D eigenvalue weighted by Gasteiger charge is -2.35. The Hall–Kier alpha value is -1.59. The molecular weight excluding hydrogens is 308 g/mol. The average Bonchev–Trinajstić information content (AvgIpc) is 2.89. The minimum Gasteiger partial charge on any atom is -0.497 e. The summed E-state index contributed by atoms with van der Waals surface area (Å²) in [6, 6.07) is 8.06. The summed E-state index contributed by atoms with van der Waals surface area (Å²) in [5, 5.41) is 0. The molecule has 0 amide bonds. The molecule has 5 nitrogen and oxygen atoms in total. The summed E-state index contributed by atoms with van der Waals surface area (Å²) in [6.07, 6.45) is 2.24. The lowest BCUT2D eigenvalue weighted by atomic mass is 9.75. The summed E-state index contributed by atoms with van der Waals surface area (Å²) in [5.74, 6) is 0.189. The number of ether oxygens (including phenoxy) is 4. The van der Waals surface area contributed by atoms with Crippen LogP contribution in [0.2, 0.25) is 0 Å². The van der Waals surface area contributed by atoms with Crippen LogP contribution >= 0.6 is 0 Å². The van der Waals surface area contributed by atoms with Gasteiger partial charge in [0.1, 0.15) is 5.75 Å². The molecule has 1 aliphatic carbocycles. The van der Waals surface area contributed by atoms with E-state index in [0.29, 0.717) is 6.42 Å². The molecule has 1 saturated heterocycles. The van der Waals surface area contributed by atoms with Gasteiger partial charge in [-0.25, -0.2) is 0 Å². The van der Waals surface area contributed by atoms with Crippen LogP contribution in [-0.2, 0) is 25.4 Å². The highest BCUT2D eigenvalue weighted by molar-refractivity contribution is 5.72. The van der Waals surface area contributed by atoms with Crippen molar-refractivity contribution in [3.05, 3.63) is 29.8 Å². The molecule has 2 aliphatic rings. The topological polar surface area (TPSA) is 54.0 Å². The summed E-state index contributed by atoms with van der Waals surface area (Å²) >= 11 is 0. The maximum atomic E-state index is 12.1. The third-order valence-electron chi connectivity index (χ3n) is 4.98. The van der Waals surface area contributed by atoms with Crippen LogP contribution in [0.15, 0.2) is 24.3 Å². The molecule has 3 rings (SSSR count). The number of methoxy groups -OCH3 is 2. The van der Waals surface area contributed by atoms with Crippen molar-refractivity contribution >= 4 is 5.97 Å². The third kappa shape index (κ3) is 3.57. The van der Waals surface area contributed by atoms with Crippen molar-refractivity contribution in [2.75, 3.05) is 14.2 Å². The van der Waals surface area contributed by atoms with Gasteiger partial charge in [0.05, 0.1) is 32.3 Å². The van der Waals surface area contributed by atoms with E-state index in [1.54, 1.807) is 7.11 Å². The minimum absolute atomic E-state index is 0.0167. The van der Waals surface area contributed by atoms with E-state index >= 15 is 0 Å². The summed E-state index contributed by atoms with van der Waals surface area (Å²) < 4.78 is 22.4. The van der Waals surface area contributed by atoms with E-state index in [9.17, 15) is 4.79 Å². The Balaban J connectivity index is 1.78. The Morgan fingerprint density at radius 2 is 1.88 bits per heavy atom. The van der Waals surface area contributed by atoms with Crippen LogP contribution in [0.4, 0.5) is 0 Å². The largest absolute Gasteiger partial charge is 0.497 e. The van der Waals surface area contributed by atoms with Gasteiger partial charge < -0.3 is 18.9 Å². The number of carbonyl (C=O) groups is 1. The highest BCUT2D eigenvalue weighted by atomic mass is 16.8. The number of benzene rings is 1. The van der Waals surface area contributed by atoms with Gasteiger partial charge in [-0.3, -0.25) is 4.79 Å². The van der Waals surface area contributed by atoms with Gasteiger partial charge in [-0.15, -0.1) is 0 Å². The average molecular weight is 334 g/mol. The maximum absolute atomic E-state index is 12.1. The number of rotatable bonds is 4. The fraction of sp³-hybridized carbons (Fsp3) is 0.632. The second-order valence-corrected chi connectivity index (χ2v) is 7.14. The van der Waals surface area contributed by atoms with Crippen molar-refractivity contribution in [1.82, 2.24) is 0 Å². The van der Waals surface area contributed by atoms with Crippen LogP contribution in [0.1, 0.15) is 32.3 Å². The fourth-order valence-corrected chi connectivity index (χ4v) is 3.94. The van der Waals surface area contributed by atoms with Crippen LogP contribution in [0, 0.1) is 11.8 Å². The molecule has 1 saturated carbocycles. The van der Waals surface area contributed by atoms with Gasteiger partial charge in [0.2, 0.25) is 0 Å². The molecule has 0 aromatic heterocycles. The number of fused-ring (bicyclic) bond motifs is 1. The van der Waals surface area contributed by atoms with Crippen molar-refractivity contribution in [2.24, 2.45) is 11.8 Å². The van der Waals surface area contributed by atoms with E-state index in [2.05, 4.69) is 12.1 Å². The number of esters is 1. The van der Waals surface area contributed by atoms with Gasteiger partial charge in [-0.2, -0.15) is 0 Å².